The van der Waals surface area contributed by atoms with Crippen molar-refractivity contribution in [3.63, 3.8) is 0 Å². The molecule has 0 radical (unpaired) electrons. The van der Waals surface area contributed by atoms with Crippen molar-refractivity contribution in [1.82, 2.24) is 9.78 Å². The van der Waals surface area contributed by atoms with Crippen molar-refractivity contribution in [3.8, 4) is 5.69 Å². The third kappa shape index (κ3) is 4.45. The minimum Gasteiger partial charge on any atom is -0.481 e. The predicted molar refractivity (Wildman–Crippen MR) is 78.2 cm³/mol. The molecule has 0 fully saturated rings. The van der Waals surface area contributed by atoms with Gasteiger partial charge in [-0.3, -0.25) is 9.59 Å². The van der Waals surface area contributed by atoms with E-state index in [9.17, 15) is 9.59 Å². The molecule has 0 saturated heterocycles. The van der Waals surface area contributed by atoms with Gasteiger partial charge in [0.05, 0.1) is 5.69 Å². The highest BCUT2D eigenvalue weighted by molar-refractivity contribution is 5.91. The number of hydrogen-bond acceptors (Lipinski definition) is 3. The summed E-state index contributed by atoms with van der Waals surface area (Å²) in [6.45, 7) is 1.74. The van der Waals surface area contributed by atoms with E-state index in [1.54, 1.807) is 23.9 Å². The molecule has 1 heterocycles. The monoisotopic (exact) mass is 287 g/mol. The average Bonchev–Trinajstić information content (AvgIpc) is 2.91. The Bertz CT molecular complexity index is 623. The second-order valence-electron chi connectivity index (χ2n) is 4.96. The molecule has 21 heavy (non-hydrogen) atoms. The Balaban J connectivity index is 1.98. The lowest BCUT2D eigenvalue weighted by Crippen LogP contribution is -2.17. The lowest BCUT2D eigenvalue weighted by atomic mass is 10.0. The zero-order valence-corrected chi connectivity index (χ0v) is 11.7. The molecular weight excluding hydrogens is 270 g/mol. The molecule has 0 aliphatic rings. The van der Waals surface area contributed by atoms with Crippen LogP contribution in [-0.2, 0) is 9.59 Å². The topological polar surface area (TPSA) is 84.2 Å². The Morgan fingerprint density at radius 2 is 2.14 bits per heavy atom. The first-order valence-corrected chi connectivity index (χ1v) is 6.66. The number of anilines is 1. The molecule has 1 unspecified atom stereocenters. The van der Waals surface area contributed by atoms with Crippen molar-refractivity contribution in [2.24, 2.45) is 5.92 Å². The Hall–Kier alpha value is -2.63. The number of amides is 1. The van der Waals surface area contributed by atoms with Crippen molar-refractivity contribution in [2.75, 3.05) is 5.32 Å². The molecule has 6 nitrogen and oxygen atoms in total. The molecule has 1 atom stereocenters. The zero-order chi connectivity index (χ0) is 15.2. The molecule has 1 aromatic carbocycles. The van der Waals surface area contributed by atoms with Gasteiger partial charge in [-0.1, -0.05) is 13.0 Å². The smallest absolute Gasteiger partial charge is 0.303 e. The summed E-state index contributed by atoms with van der Waals surface area (Å²) in [7, 11) is 0. The number of nitrogens with one attached hydrogen (secondary N) is 1. The summed E-state index contributed by atoms with van der Waals surface area (Å²) >= 11 is 0. The molecule has 1 amide bonds. The summed E-state index contributed by atoms with van der Waals surface area (Å²) in [6.07, 6.45) is 3.66. The van der Waals surface area contributed by atoms with Gasteiger partial charge >= 0.3 is 5.97 Å². The maximum Gasteiger partial charge on any atom is 0.303 e. The molecule has 0 bridgehead atoms. The number of carboxylic acids is 1. The van der Waals surface area contributed by atoms with E-state index in [0.717, 1.165) is 5.69 Å². The lowest BCUT2D eigenvalue weighted by Gasteiger charge is -2.10. The summed E-state index contributed by atoms with van der Waals surface area (Å²) in [5.41, 5.74) is 1.51. The molecule has 110 valence electrons. The molecule has 2 N–H and O–H groups in total. The highest BCUT2D eigenvalue weighted by Gasteiger charge is 2.13. The molecule has 0 saturated carbocycles. The standard InChI is InChI=1S/C15H17N3O3/c1-11(9-15(20)21)8-14(19)17-12-4-2-5-13(10-12)18-7-3-6-16-18/h2-7,10-11H,8-9H2,1H3,(H,17,19)(H,20,21). The zero-order valence-electron chi connectivity index (χ0n) is 11.7. The van der Waals surface area contributed by atoms with Gasteiger partial charge in [-0.2, -0.15) is 5.10 Å². The average molecular weight is 287 g/mol. The number of hydrogen-bond donors (Lipinski definition) is 2. The number of carboxylic acid groups (broad SMARTS) is 1. The fraction of sp³-hybridized carbons (Fsp3) is 0.267. The van der Waals surface area contributed by atoms with Crippen molar-refractivity contribution in [3.05, 3.63) is 42.7 Å². The molecule has 1 aromatic heterocycles. The molecule has 2 aromatic rings. The van der Waals surface area contributed by atoms with Crippen LogP contribution < -0.4 is 5.32 Å². The third-order valence-corrected chi connectivity index (χ3v) is 2.96. The van der Waals surface area contributed by atoms with Gasteiger partial charge in [0.1, 0.15) is 0 Å². The molecule has 6 heteroatoms. The third-order valence-electron chi connectivity index (χ3n) is 2.96. The van der Waals surface area contributed by atoms with Gasteiger partial charge in [-0.25, -0.2) is 4.68 Å². The summed E-state index contributed by atoms with van der Waals surface area (Å²) in [5.74, 6) is -1.28. The van der Waals surface area contributed by atoms with Crippen LogP contribution in [0.3, 0.4) is 0 Å². The van der Waals surface area contributed by atoms with Gasteiger partial charge in [0.25, 0.3) is 0 Å². The van der Waals surface area contributed by atoms with E-state index >= 15 is 0 Å². The minimum absolute atomic E-state index is 0.0131. The van der Waals surface area contributed by atoms with E-state index in [4.69, 9.17) is 5.11 Å². The Kier molecular flexibility index (Phi) is 4.71. The van der Waals surface area contributed by atoms with E-state index in [1.807, 2.05) is 30.5 Å². The van der Waals surface area contributed by atoms with E-state index in [2.05, 4.69) is 10.4 Å². The lowest BCUT2D eigenvalue weighted by molar-refractivity contribution is -0.138. The van der Waals surface area contributed by atoms with Crippen LogP contribution in [0.5, 0.6) is 0 Å². The number of benzene rings is 1. The number of aromatic nitrogens is 2. The maximum atomic E-state index is 11.9. The molecular formula is C15H17N3O3. The first kappa shape index (κ1) is 14.8. The van der Waals surface area contributed by atoms with Crippen molar-refractivity contribution in [1.29, 1.82) is 0 Å². The Morgan fingerprint density at radius 1 is 1.33 bits per heavy atom. The van der Waals surface area contributed by atoms with Crippen LogP contribution in [0.15, 0.2) is 42.7 Å². The minimum atomic E-state index is -0.893. The first-order chi connectivity index (χ1) is 10.0. The molecule has 0 aliphatic carbocycles. The quantitative estimate of drug-likeness (QED) is 0.854. The van der Waals surface area contributed by atoms with Crippen LogP contribution in [-0.4, -0.2) is 26.8 Å². The maximum absolute atomic E-state index is 11.9. The SMILES string of the molecule is CC(CC(=O)O)CC(=O)Nc1cccc(-n2cccn2)c1. The van der Waals surface area contributed by atoms with Crippen LogP contribution in [0.25, 0.3) is 5.69 Å². The first-order valence-electron chi connectivity index (χ1n) is 6.66. The Labute approximate surface area is 122 Å². The summed E-state index contributed by atoms with van der Waals surface area (Å²) < 4.78 is 1.70. The fourth-order valence-corrected chi connectivity index (χ4v) is 2.05. The summed E-state index contributed by atoms with van der Waals surface area (Å²) in [5, 5.41) is 15.6. The molecule has 2 rings (SSSR count). The molecule has 0 aliphatic heterocycles. The summed E-state index contributed by atoms with van der Waals surface area (Å²) in [6, 6.07) is 9.13. The van der Waals surface area contributed by atoms with Crippen LogP contribution in [0.2, 0.25) is 0 Å². The predicted octanol–water partition coefficient (Wildman–Crippen LogP) is 2.31. The van der Waals surface area contributed by atoms with Crippen molar-refractivity contribution < 1.29 is 14.7 Å². The van der Waals surface area contributed by atoms with Crippen molar-refractivity contribution >= 4 is 17.6 Å². The largest absolute Gasteiger partial charge is 0.481 e. The second kappa shape index (κ2) is 6.69. The molecule has 0 spiro atoms. The van der Waals surface area contributed by atoms with Crippen LogP contribution in [0.4, 0.5) is 5.69 Å². The van der Waals surface area contributed by atoms with E-state index in [-0.39, 0.29) is 24.7 Å². The van der Waals surface area contributed by atoms with Crippen LogP contribution >= 0.6 is 0 Å². The number of carbonyl (C=O) groups is 2. The second-order valence-corrected chi connectivity index (χ2v) is 4.96. The fourth-order valence-electron chi connectivity index (χ4n) is 2.05. The van der Waals surface area contributed by atoms with Crippen molar-refractivity contribution in [2.45, 2.75) is 19.8 Å². The number of aliphatic carboxylic acids is 1. The highest BCUT2D eigenvalue weighted by Crippen LogP contribution is 2.15. The van der Waals surface area contributed by atoms with Gasteiger partial charge in [0.15, 0.2) is 0 Å². The van der Waals surface area contributed by atoms with Gasteiger partial charge in [-0.15, -0.1) is 0 Å². The van der Waals surface area contributed by atoms with Gasteiger partial charge in [-0.05, 0) is 30.2 Å². The van der Waals surface area contributed by atoms with Gasteiger partial charge < -0.3 is 10.4 Å². The normalized spacial score (nSPS) is 11.9. The van der Waals surface area contributed by atoms with Crippen LogP contribution in [0.1, 0.15) is 19.8 Å². The number of nitrogens with zero attached hydrogens (tertiary/aromatic N) is 2. The van der Waals surface area contributed by atoms with E-state index in [0.29, 0.717) is 5.69 Å². The van der Waals surface area contributed by atoms with Gasteiger partial charge in [0.2, 0.25) is 5.91 Å². The Morgan fingerprint density at radius 3 is 2.81 bits per heavy atom. The van der Waals surface area contributed by atoms with Gasteiger partial charge in [0, 0.05) is 30.9 Å². The highest BCUT2D eigenvalue weighted by atomic mass is 16.4. The number of carbonyl (C=O) groups excluding carboxylic acids is 1. The van der Waals surface area contributed by atoms with E-state index in [1.165, 1.54) is 0 Å². The van der Waals surface area contributed by atoms with Crippen LogP contribution in [0, 0.1) is 5.92 Å². The van der Waals surface area contributed by atoms with E-state index < -0.39 is 5.97 Å². The summed E-state index contributed by atoms with van der Waals surface area (Å²) in [4.78, 5) is 22.5. The number of rotatable bonds is 6.